The second-order valence-electron chi connectivity index (χ2n) is 8.93. The molecule has 0 radical (unpaired) electrons. The SMILES string of the molecule is O=C1C[C@H](C(=O)Nc2ccccc2)c2c(nc(N3CCC(Cc4ccccc4)CC3)[nH]c2=O)N1. The Balaban J connectivity index is 1.31. The smallest absolute Gasteiger partial charge is 0.258 e. The number of rotatable bonds is 5. The molecule has 3 aromatic rings. The van der Waals surface area contributed by atoms with Gasteiger partial charge in [0.15, 0.2) is 0 Å². The standard InChI is InChI=1S/C26H27N5O3/c32-21-16-20(24(33)27-19-9-5-2-6-10-19)22-23(28-21)29-26(30-25(22)34)31-13-11-18(12-14-31)15-17-7-3-1-4-8-17/h1-10,18,20H,11-16H2,(H,27,33)(H2,28,29,30,32,34)/t20-/m0/s1. The van der Waals surface area contributed by atoms with E-state index in [1.165, 1.54) is 5.56 Å². The number of carbonyl (C=O) groups is 2. The number of nitrogens with one attached hydrogen (secondary N) is 3. The molecular weight excluding hydrogens is 430 g/mol. The molecule has 1 atom stereocenters. The van der Waals surface area contributed by atoms with Crippen LogP contribution in [0.2, 0.25) is 0 Å². The Kier molecular flexibility index (Phi) is 6.12. The summed E-state index contributed by atoms with van der Waals surface area (Å²) in [6, 6.07) is 19.4. The molecule has 8 nitrogen and oxygen atoms in total. The van der Waals surface area contributed by atoms with E-state index >= 15 is 0 Å². The van der Waals surface area contributed by atoms with Crippen molar-refractivity contribution in [3.05, 3.63) is 82.1 Å². The van der Waals surface area contributed by atoms with Gasteiger partial charge < -0.3 is 15.5 Å². The maximum absolute atomic E-state index is 13.1. The molecule has 5 rings (SSSR count). The molecule has 0 bridgehead atoms. The van der Waals surface area contributed by atoms with Crippen molar-refractivity contribution in [1.82, 2.24) is 9.97 Å². The van der Waals surface area contributed by atoms with Crippen molar-refractivity contribution < 1.29 is 9.59 Å². The van der Waals surface area contributed by atoms with E-state index in [1.54, 1.807) is 24.3 Å². The summed E-state index contributed by atoms with van der Waals surface area (Å²) < 4.78 is 0. The lowest BCUT2D eigenvalue weighted by atomic mass is 9.90. The Morgan fingerprint density at radius 2 is 1.68 bits per heavy atom. The predicted molar refractivity (Wildman–Crippen MR) is 131 cm³/mol. The molecule has 2 amide bonds. The monoisotopic (exact) mass is 457 g/mol. The van der Waals surface area contributed by atoms with E-state index < -0.39 is 11.8 Å². The van der Waals surface area contributed by atoms with Crippen LogP contribution in [0.3, 0.4) is 0 Å². The minimum atomic E-state index is -0.897. The summed E-state index contributed by atoms with van der Waals surface area (Å²) in [7, 11) is 0. The van der Waals surface area contributed by atoms with Gasteiger partial charge in [-0.15, -0.1) is 0 Å². The molecule has 0 saturated carbocycles. The lowest BCUT2D eigenvalue weighted by Gasteiger charge is -2.33. The summed E-state index contributed by atoms with van der Waals surface area (Å²) in [5, 5.41) is 5.49. The Morgan fingerprint density at radius 1 is 1.00 bits per heavy atom. The van der Waals surface area contributed by atoms with E-state index in [4.69, 9.17) is 0 Å². The van der Waals surface area contributed by atoms with Crippen LogP contribution < -0.4 is 21.1 Å². The fraction of sp³-hybridized carbons (Fsp3) is 0.308. The molecule has 1 saturated heterocycles. The van der Waals surface area contributed by atoms with Crippen LogP contribution in [0, 0.1) is 5.92 Å². The van der Waals surface area contributed by atoms with Gasteiger partial charge >= 0.3 is 0 Å². The molecule has 8 heteroatoms. The average Bonchev–Trinajstić information content (AvgIpc) is 2.85. The van der Waals surface area contributed by atoms with Crippen molar-refractivity contribution >= 4 is 29.3 Å². The number of aromatic amines is 1. The van der Waals surface area contributed by atoms with Gasteiger partial charge in [-0.3, -0.25) is 19.4 Å². The summed E-state index contributed by atoms with van der Waals surface area (Å²) in [5.41, 5.74) is 1.76. The fourth-order valence-electron chi connectivity index (χ4n) is 4.78. The van der Waals surface area contributed by atoms with Gasteiger partial charge in [0.25, 0.3) is 5.56 Å². The number of piperidine rings is 1. The quantitative estimate of drug-likeness (QED) is 0.545. The van der Waals surface area contributed by atoms with Crippen molar-refractivity contribution in [3.63, 3.8) is 0 Å². The highest BCUT2D eigenvalue weighted by Gasteiger charge is 2.35. The number of para-hydroxylation sites is 1. The zero-order valence-electron chi connectivity index (χ0n) is 18.8. The number of amides is 2. The van der Waals surface area contributed by atoms with Crippen molar-refractivity contribution in [2.45, 2.75) is 31.6 Å². The lowest BCUT2D eigenvalue weighted by Crippen LogP contribution is -2.40. The van der Waals surface area contributed by atoms with E-state index in [-0.39, 0.29) is 29.3 Å². The molecule has 34 heavy (non-hydrogen) atoms. The summed E-state index contributed by atoms with van der Waals surface area (Å²) in [6.07, 6.45) is 2.92. The van der Waals surface area contributed by atoms with Gasteiger partial charge in [-0.05, 0) is 42.9 Å². The maximum atomic E-state index is 13.1. The zero-order chi connectivity index (χ0) is 23.5. The predicted octanol–water partition coefficient (Wildman–Crippen LogP) is 3.29. The van der Waals surface area contributed by atoms with Gasteiger partial charge in [0.05, 0.1) is 11.5 Å². The van der Waals surface area contributed by atoms with Crippen molar-refractivity contribution in [2.24, 2.45) is 5.92 Å². The highest BCUT2D eigenvalue weighted by molar-refractivity contribution is 6.04. The van der Waals surface area contributed by atoms with Crippen LogP contribution in [-0.4, -0.2) is 34.9 Å². The van der Waals surface area contributed by atoms with Gasteiger partial charge in [-0.25, -0.2) is 0 Å². The molecule has 3 heterocycles. The number of hydrogen-bond donors (Lipinski definition) is 3. The largest absolute Gasteiger partial charge is 0.342 e. The van der Waals surface area contributed by atoms with Crippen molar-refractivity contribution in [3.8, 4) is 0 Å². The highest BCUT2D eigenvalue weighted by atomic mass is 16.2. The van der Waals surface area contributed by atoms with E-state index in [1.807, 2.05) is 17.0 Å². The lowest BCUT2D eigenvalue weighted by molar-refractivity contribution is -0.123. The minimum Gasteiger partial charge on any atom is -0.342 e. The average molecular weight is 458 g/mol. The zero-order valence-corrected chi connectivity index (χ0v) is 18.8. The number of anilines is 3. The van der Waals surface area contributed by atoms with Crippen molar-refractivity contribution in [1.29, 1.82) is 0 Å². The topological polar surface area (TPSA) is 107 Å². The Bertz CT molecular complexity index is 1230. The van der Waals surface area contributed by atoms with Crippen LogP contribution in [-0.2, 0) is 16.0 Å². The number of aromatic nitrogens is 2. The molecule has 0 aliphatic carbocycles. The second-order valence-corrected chi connectivity index (χ2v) is 8.93. The fourth-order valence-corrected chi connectivity index (χ4v) is 4.78. The first-order valence-electron chi connectivity index (χ1n) is 11.7. The molecule has 2 aromatic carbocycles. The van der Waals surface area contributed by atoms with Gasteiger partial charge in [0.1, 0.15) is 5.82 Å². The first kappa shape index (κ1) is 21.9. The van der Waals surface area contributed by atoms with E-state index in [0.29, 0.717) is 17.6 Å². The molecular formula is C26H27N5O3. The number of fused-ring (bicyclic) bond motifs is 1. The van der Waals surface area contributed by atoms with Gasteiger partial charge in [0, 0.05) is 25.2 Å². The third-order valence-electron chi connectivity index (χ3n) is 6.58. The summed E-state index contributed by atoms with van der Waals surface area (Å²) in [5.74, 6) is -0.434. The molecule has 0 spiro atoms. The van der Waals surface area contributed by atoms with Gasteiger partial charge in [-0.2, -0.15) is 4.98 Å². The summed E-state index contributed by atoms with van der Waals surface area (Å²) >= 11 is 0. The van der Waals surface area contributed by atoms with Crippen molar-refractivity contribution in [2.75, 3.05) is 28.6 Å². The molecule has 1 fully saturated rings. The second kappa shape index (κ2) is 9.51. The Labute approximate surface area is 197 Å². The van der Waals surface area contributed by atoms with Crippen LogP contribution in [0.15, 0.2) is 65.5 Å². The van der Waals surface area contributed by atoms with E-state index in [0.717, 1.165) is 32.4 Å². The van der Waals surface area contributed by atoms with Crippen LogP contribution >= 0.6 is 0 Å². The van der Waals surface area contributed by atoms with Gasteiger partial charge in [0.2, 0.25) is 17.8 Å². The number of nitrogens with zero attached hydrogens (tertiary/aromatic N) is 2. The van der Waals surface area contributed by atoms with Crippen LogP contribution in [0.5, 0.6) is 0 Å². The molecule has 2 aliphatic heterocycles. The number of H-pyrrole nitrogens is 1. The van der Waals surface area contributed by atoms with Crippen LogP contribution in [0.1, 0.15) is 36.3 Å². The minimum absolute atomic E-state index is 0.0966. The molecule has 3 N–H and O–H groups in total. The first-order valence-corrected chi connectivity index (χ1v) is 11.7. The van der Waals surface area contributed by atoms with Crippen LogP contribution in [0.25, 0.3) is 0 Å². The first-order chi connectivity index (χ1) is 16.6. The highest BCUT2D eigenvalue weighted by Crippen LogP contribution is 2.31. The van der Waals surface area contributed by atoms with E-state index in [2.05, 4.69) is 44.9 Å². The molecule has 0 unspecified atom stereocenters. The third-order valence-corrected chi connectivity index (χ3v) is 6.58. The number of carbonyl (C=O) groups excluding carboxylic acids is 2. The number of hydrogen-bond acceptors (Lipinski definition) is 5. The third kappa shape index (κ3) is 4.71. The summed E-state index contributed by atoms with van der Waals surface area (Å²) in [4.78, 5) is 47.8. The van der Waals surface area contributed by atoms with E-state index in [9.17, 15) is 14.4 Å². The molecule has 174 valence electrons. The van der Waals surface area contributed by atoms with Gasteiger partial charge in [-0.1, -0.05) is 48.5 Å². The number of benzene rings is 2. The Hall–Kier alpha value is -3.94. The summed E-state index contributed by atoms with van der Waals surface area (Å²) in [6.45, 7) is 1.54. The Morgan fingerprint density at radius 3 is 2.38 bits per heavy atom. The normalized spacial score (nSPS) is 18.2. The van der Waals surface area contributed by atoms with Crippen LogP contribution in [0.4, 0.5) is 17.5 Å². The maximum Gasteiger partial charge on any atom is 0.258 e. The molecule has 1 aromatic heterocycles. The molecule has 2 aliphatic rings.